The van der Waals surface area contributed by atoms with Crippen LogP contribution in [0.2, 0.25) is 0 Å². The molecule has 2 heteroatoms. The monoisotopic (exact) mass is 576 g/mol. The topological polar surface area (TPSA) is 38.0 Å². The second kappa shape index (κ2) is 17.6. The van der Waals surface area contributed by atoms with Gasteiger partial charge < -0.3 is 11.1 Å². The van der Waals surface area contributed by atoms with Gasteiger partial charge in [0, 0.05) is 28.6 Å². The average molecular weight is 577 g/mol. The summed E-state index contributed by atoms with van der Waals surface area (Å²) in [5.41, 5.74) is 16.7. The molecule has 0 bridgehead atoms. The Hall–Kier alpha value is -5.34. The Labute approximate surface area is 264 Å². The number of hydrogen-bond donors (Lipinski definition) is 2. The molecule has 0 spiro atoms. The van der Waals surface area contributed by atoms with Crippen LogP contribution in [0.25, 0.3) is 16.7 Å². The highest BCUT2D eigenvalue weighted by Gasteiger charge is 2.13. The first-order chi connectivity index (χ1) is 21.5. The van der Waals surface area contributed by atoms with Gasteiger partial charge in [0.25, 0.3) is 0 Å². The summed E-state index contributed by atoms with van der Waals surface area (Å²) in [5, 5.41) is 3.56. The molecule has 44 heavy (non-hydrogen) atoms. The van der Waals surface area contributed by atoms with Crippen molar-refractivity contribution in [3.8, 4) is 11.1 Å². The fourth-order valence-electron chi connectivity index (χ4n) is 4.76. The molecule has 0 heterocycles. The van der Waals surface area contributed by atoms with E-state index in [-0.39, 0.29) is 5.92 Å². The lowest BCUT2D eigenvalue weighted by Gasteiger charge is -2.17. The number of hydrogen-bond acceptors (Lipinski definition) is 2. The molecule has 2 nitrogen and oxygen atoms in total. The maximum absolute atomic E-state index is 6.49. The van der Waals surface area contributed by atoms with E-state index < -0.39 is 0 Å². The molecule has 0 aliphatic carbocycles. The first kappa shape index (κ1) is 33.2. The third-order valence-electron chi connectivity index (χ3n) is 7.00. The summed E-state index contributed by atoms with van der Waals surface area (Å²) in [6.45, 7) is 17.9. The van der Waals surface area contributed by atoms with Crippen molar-refractivity contribution in [1.29, 1.82) is 0 Å². The summed E-state index contributed by atoms with van der Waals surface area (Å²) in [6.07, 6.45) is 15.5. The van der Waals surface area contributed by atoms with E-state index in [0.717, 1.165) is 44.8 Å². The van der Waals surface area contributed by atoms with Crippen molar-refractivity contribution in [1.82, 2.24) is 0 Å². The number of nitrogens with one attached hydrogen (secondary N) is 1. The lowest BCUT2D eigenvalue weighted by Crippen LogP contribution is -2.05. The van der Waals surface area contributed by atoms with Gasteiger partial charge in [-0.25, -0.2) is 0 Å². The second-order valence-corrected chi connectivity index (χ2v) is 9.85. The van der Waals surface area contributed by atoms with Crippen LogP contribution in [-0.2, 0) is 0 Å². The number of para-hydroxylation sites is 1. The van der Waals surface area contributed by atoms with Crippen molar-refractivity contribution in [3.05, 3.63) is 199 Å². The molecule has 4 aromatic rings. The van der Waals surface area contributed by atoms with E-state index in [9.17, 15) is 0 Å². The largest absolute Gasteiger partial charge is 0.398 e. The average Bonchev–Trinajstić information content (AvgIpc) is 3.08. The van der Waals surface area contributed by atoms with Crippen molar-refractivity contribution in [2.24, 2.45) is 5.73 Å². The van der Waals surface area contributed by atoms with Gasteiger partial charge in [-0.15, -0.1) is 0 Å². The predicted molar refractivity (Wildman–Crippen MR) is 195 cm³/mol. The molecule has 4 rings (SSSR count). The summed E-state index contributed by atoms with van der Waals surface area (Å²) in [6, 6.07) is 35.8. The zero-order chi connectivity index (χ0) is 31.7. The highest BCUT2D eigenvalue weighted by atomic mass is 14.9. The van der Waals surface area contributed by atoms with Gasteiger partial charge in [-0.2, -0.15) is 0 Å². The van der Waals surface area contributed by atoms with Crippen LogP contribution in [0, 0.1) is 0 Å². The van der Waals surface area contributed by atoms with Crippen molar-refractivity contribution < 1.29 is 0 Å². The third-order valence-corrected chi connectivity index (χ3v) is 7.00. The number of anilines is 2. The van der Waals surface area contributed by atoms with E-state index in [1.165, 1.54) is 5.56 Å². The summed E-state index contributed by atoms with van der Waals surface area (Å²) in [5.74, 6) is 0.00245. The SMILES string of the molecule is C=C/C=C(C=C)/C(N)=C/C(c1ccccc1)c1ccc(-c2ccc(Nc3ccccc3C(=C)/C=C\C=C/C)cc2)cc1.CC. The quantitative estimate of drug-likeness (QED) is 0.165. The van der Waals surface area contributed by atoms with Gasteiger partial charge in [0.1, 0.15) is 0 Å². The zero-order valence-electron chi connectivity index (χ0n) is 26.2. The summed E-state index contributed by atoms with van der Waals surface area (Å²) in [4.78, 5) is 0. The second-order valence-electron chi connectivity index (χ2n) is 9.85. The molecule has 0 aromatic heterocycles. The lowest BCUT2D eigenvalue weighted by molar-refractivity contribution is 1.01. The molecule has 0 saturated carbocycles. The van der Waals surface area contributed by atoms with Gasteiger partial charge in [-0.05, 0) is 64.6 Å². The Morgan fingerprint density at radius 1 is 0.750 bits per heavy atom. The number of nitrogens with two attached hydrogens (primary N) is 1. The van der Waals surface area contributed by atoms with Gasteiger partial charge >= 0.3 is 0 Å². The summed E-state index contributed by atoms with van der Waals surface area (Å²) >= 11 is 0. The lowest BCUT2D eigenvalue weighted by atomic mass is 9.88. The van der Waals surface area contributed by atoms with Crippen LogP contribution in [0.4, 0.5) is 11.4 Å². The Kier molecular flexibility index (Phi) is 13.2. The molecule has 3 N–H and O–H groups in total. The van der Waals surface area contributed by atoms with Crippen molar-refractivity contribution in [3.63, 3.8) is 0 Å². The predicted octanol–water partition coefficient (Wildman–Crippen LogP) is 11.5. The maximum atomic E-state index is 6.49. The van der Waals surface area contributed by atoms with E-state index in [0.29, 0.717) is 5.70 Å². The fraction of sp³-hybridized carbons (Fsp3) is 0.0952. The smallest absolute Gasteiger partial charge is 0.0463 e. The standard InChI is InChI=1S/C40H38N2.C2H6/c1-5-8-10-16-30(4)37-19-13-14-20-40(37)42-36-27-25-33(26-28-36)32-21-23-35(24-22-32)38(34-17-11-9-12-18-34)29-39(41)31(7-3)15-6-2;1-2/h5-29,38,42H,2-4,41H2,1H3;1-2H3/b8-5-,16-10-,31-15+,39-29-;. The van der Waals surface area contributed by atoms with Crippen molar-refractivity contribution in [2.45, 2.75) is 26.7 Å². The van der Waals surface area contributed by atoms with Gasteiger partial charge in [-0.1, -0.05) is 161 Å². The number of allylic oxidation sites excluding steroid dienone is 9. The molecular formula is C42H44N2. The highest BCUT2D eigenvalue weighted by molar-refractivity contribution is 5.83. The first-order valence-corrected chi connectivity index (χ1v) is 15.1. The molecule has 222 valence electrons. The van der Waals surface area contributed by atoms with Crippen molar-refractivity contribution in [2.75, 3.05) is 5.32 Å². The minimum Gasteiger partial charge on any atom is -0.398 e. The molecule has 0 aliphatic rings. The van der Waals surface area contributed by atoms with Crippen LogP contribution >= 0.6 is 0 Å². The van der Waals surface area contributed by atoms with Gasteiger partial charge in [0.2, 0.25) is 0 Å². The molecule has 4 aromatic carbocycles. The molecule has 0 radical (unpaired) electrons. The van der Waals surface area contributed by atoms with E-state index in [4.69, 9.17) is 5.73 Å². The maximum Gasteiger partial charge on any atom is 0.0463 e. The van der Waals surface area contributed by atoms with Gasteiger partial charge in [-0.3, -0.25) is 0 Å². The summed E-state index contributed by atoms with van der Waals surface area (Å²) in [7, 11) is 0. The number of rotatable bonds is 12. The van der Waals surface area contributed by atoms with Crippen LogP contribution < -0.4 is 11.1 Å². The molecule has 0 saturated heterocycles. The molecule has 1 atom stereocenters. The normalized spacial score (nSPS) is 12.3. The van der Waals surface area contributed by atoms with Gasteiger partial charge in [0.05, 0.1) is 0 Å². The van der Waals surface area contributed by atoms with E-state index >= 15 is 0 Å². The van der Waals surface area contributed by atoms with E-state index in [1.54, 1.807) is 12.2 Å². The van der Waals surface area contributed by atoms with Crippen LogP contribution in [-0.4, -0.2) is 0 Å². The molecule has 0 fully saturated rings. The third kappa shape index (κ3) is 9.08. The Balaban J connectivity index is 0.00000259. The Morgan fingerprint density at radius 3 is 1.95 bits per heavy atom. The number of benzene rings is 4. The van der Waals surface area contributed by atoms with Crippen LogP contribution in [0.3, 0.4) is 0 Å². The van der Waals surface area contributed by atoms with Crippen LogP contribution in [0.15, 0.2) is 183 Å². The van der Waals surface area contributed by atoms with Gasteiger partial charge in [0.15, 0.2) is 0 Å². The molecule has 0 aliphatic heterocycles. The van der Waals surface area contributed by atoms with Crippen LogP contribution in [0.5, 0.6) is 0 Å². The highest BCUT2D eigenvalue weighted by Crippen LogP contribution is 2.31. The molecular weight excluding hydrogens is 532 g/mol. The first-order valence-electron chi connectivity index (χ1n) is 15.1. The Morgan fingerprint density at radius 2 is 1.34 bits per heavy atom. The molecule has 1 unspecified atom stereocenters. The minimum atomic E-state index is 0.00245. The van der Waals surface area contributed by atoms with Crippen molar-refractivity contribution >= 4 is 16.9 Å². The Bertz CT molecular complexity index is 1630. The zero-order valence-corrected chi connectivity index (χ0v) is 26.2. The van der Waals surface area contributed by atoms with Crippen LogP contribution in [0.1, 0.15) is 43.4 Å². The summed E-state index contributed by atoms with van der Waals surface area (Å²) < 4.78 is 0. The van der Waals surface area contributed by atoms with E-state index in [2.05, 4.69) is 116 Å². The minimum absolute atomic E-state index is 0.00245. The van der Waals surface area contributed by atoms with E-state index in [1.807, 2.05) is 69.4 Å². The molecule has 0 amide bonds. The fourth-order valence-corrected chi connectivity index (χ4v) is 4.76.